The average Bonchev–Trinajstić information content (AvgIpc) is 3.29. The number of carbonyl (C=O) groups is 2. The average molecular weight is 467 g/mol. The van der Waals surface area contributed by atoms with Gasteiger partial charge in [0.05, 0.1) is 23.8 Å². The molecule has 172 valence electrons. The van der Waals surface area contributed by atoms with Crippen LogP contribution in [0.2, 0.25) is 0 Å². The molecule has 0 spiro atoms. The van der Waals surface area contributed by atoms with Crippen molar-refractivity contribution in [3.05, 3.63) is 46.2 Å². The fraction of sp³-hybridized carbons (Fsp3) is 0.368. The molecule has 2 heterocycles. The lowest BCUT2D eigenvalue weighted by Crippen LogP contribution is -2.35. The standard InChI is InChI=1S/C19H21N3O9S/c1-29-15-6-5-13(32(27,28)21-9-3-2-4-10-21)11-14(15)20-17(23)12-30-19(24)16-7-8-18(31-16)22(25)26/h5-8,11H,2-4,9-10,12H2,1H3,(H,20,23). The Labute approximate surface area is 183 Å². The molecule has 0 saturated carbocycles. The van der Waals surface area contributed by atoms with Crippen LogP contribution >= 0.6 is 0 Å². The van der Waals surface area contributed by atoms with Gasteiger partial charge in [0.25, 0.3) is 5.91 Å². The van der Waals surface area contributed by atoms with Gasteiger partial charge in [0.1, 0.15) is 10.7 Å². The SMILES string of the molecule is COc1ccc(S(=O)(=O)N2CCCCC2)cc1NC(=O)COC(=O)c1ccc([N+](=O)[O-])o1. The summed E-state index contributed by atoms with van der Waals surface area (Å²) in [6.07, 6.45) is 2.53. The molecule has 3 rings (SSSR count). The fourth-order valence-corrected chi connectivity index (χ4v) is 4.67. The Morgan fingerprint density at radius 3 is 2.53 bits per heavy atom. The summed E-state index contributed by atoms with van der Waals surface area (Å²) in [6.45, 7) is 0.119. The number of piperidine rings is 1. The van der Waals surface area contributed by atoms with Crippen molar-refractivity contribution in [1.82, 2.24) is 4.31 Å². The van der Waals surface area contributed by atoms with Gasteiger partial charge in [-0.15, -0.1) is 0 Å². The molecule has 0 atom stereocenters. The minimum absolute atomic E-state index is 0.00427. The molecule has 0 unspecified atom stereocenters. The number of hydrogen-bond acceptors (Lipinski definition) is 9. The third-order valence-corrected chi connectivity index (χ3v) is 6.60. The van der Waals surface area contributed by atoms with Crippen molar-refractivity contribution >= 4 is 33.5 Å². The van der Waals surface area contributed by atoms with Crippen LogP contribution in [-0.4, -0.2) is 56.3 Å². The van der Waals surface area contributed by atoms with Crippen LogP contribution in [0, 0.1) is 10.1 Å². The topological polar surface area (TPSA) is 158 Å². The van der Waals surface area contributed by atoms with Crippen molar-refractivity contribution in [1.29, 1.82) is 0 Å². The number of nitro groups is 1. The number of rotatable bonds is 8. The second-order valence-corrected chi connectivity index (χ2v) is 8.78. The number of benzene rings is 1. The van der Waals surface area contributed by atoms with Crippen LogP contribution in [0.3, 0.4) is 0 Å². The van der Waals surface area contributed by atoms with Gasteiger partial charge in [-0.2, -0.15) is 4.31 Å². The van der Waals surface area contributed by atoms with E-state index in [1.165, 1.54) is 29.6 Å². The van der Waals surface area contributed by atoms with Gasteiger partial charge in [-0.1, -0.05) is 6.42 Å². The highest BCUT2D eigenvalue weighted by atomic mass is 32.2. The van der Waals surface area contributed by atoms with Crippen LogP contribution in [-0.2, 0) is 19.6 Å². The van der Waals surface area contributed by atoms with Crippen molar-refractivity contribution in [3.8, 4) is 5.75 Å². The molecule has 32 heavy (non-hydrogen) atoms. The first-order valence-corrected chi connectivity index (χ1v) is 11.1. The predicted octanol–water partition coefficient (Wildman–Crippen LogP) is 2.17. The molecule has 0 bridgehead atoms. The first-order valence-electron chi connectivity index (χ1n) is 9.62. The van der Waals surface area contributed by atoms with Crippen molar-refractivity contribution in [2.75, 3.05) is 32.1 Å². The van der Waals surface area contributed by atoms with Crippen molar-refractivity contribution < 1.29 is 36.8 Å². The summed E-state index contributed by atoms with van der Waals surface area (Å²) in [6, 6.07) is 6.12. The minimum Gasteiger partial charge on any atom is -0.495 e. The normalized spacial score (nSPS) is 14.5. The molecule has 0 aliphatic carbocycles. The van der Waals surface area contributed by atoms with Crippen LogP contribution in [0.25, 0.3) is 0 Å². The molecule has 12 nitrogen and oxygen atoms in total. The zero-order valence-corrected chi connectivity index (χ0v) is 17.9. The Hall–Kier alpha value is -3.45. The van der Waals surface area contributed by atoms with Crippen LogP contribution in [0.1, 0.15) is 29.8 Å². The monoisotopic (exact) mass is 467 g/mol. The summed E-state index contributed by atoms with van der Waals surface area (Å²) < 4.78 is 41.8. The summed E-state index contributed by atoms with van der Waals surface area (Å²) in [5, 5.41) is 13.0. The highest BCUT2D eigenvalue weighted by Gasteiger charge is 2.27. The summed E-state index contributed by atoms with van der Waals surface area (Å²) in [4.78, 5) is 33.9. The first kappa shape index (κ1) is 23.2. The van der Waals surface area contributed by atoms with E-state index in [4.69, 9.17) is 13.9 Å². The maximum atomic E-state index is 12.9. The van der Waals surface area contributed by atoms with Gasteiger partial charge in [0, 0.05) is 13.1 Å². The molecule has 1 amide bonds. The highest BCUT2D eigenvalue weighted by molar-refractivity contribution is 7.89. The van der Waals surface area contributed by atoms with Crippen LogP contribution < -0.4 is 10.1 Å². The number of esters is 1. The lowest BCUT2D eigenvalue weighted by atomic mass is 10.2. The summed E-state index contributed by atoms with van der Waals surface area (Å²) in [7, 11) is -2.38. The zero-order valence-electron chi connectivity index (χ0n) is 17.1. The summed E-state index contributed by atoms with van der Waals surface area (Å²) in [5.74, 6) is -2.70. The van der Waals surface area contributed by atoms with E-state index in [-0.39, 0.29) is 16.3 Å². The van der Waals surface area contributed by atoms with E-state index < -0.39 is 45.1 Å². The van der Waals surface area contributed by atoms with E-state index in [1.54, 1.807) is 0 Å². The molecular formula is C19H21N3O9S. The molecule has 1 saturated heterocycles. The fourth-order valence-electron chi connectivity index (χ4n) is 3.12. The van der Waals surface area contributed by atoms with E-state index in [9.17, 15) is 28.1 Å². The van der Waals surface area contributed by atoms with Crippen LogP contribution in [0.4, 0.5) is 11.6 Å². The van der Waals surface area contributed by atoms with Gasteiger partial charge >= 0.3 is 11.9 Å². The lowest BCUT2D eigenvalue weighted by molar-refractivity contribution is -0.402. The number of furan rings is 1. The molecule has 1 aromatic heterocycles. The number of nitrogens with zero attached hydrogens (tertiary/aromatic N) is 2. The van der Waals surface area contributed by atoms with Crippen LogP contribution in [0.15, 0.2) is 39.6 Å². The Balaban J connectivity index is 1.68. The third-order valence-electron chi connectivity index (χ3n) is 4.71. The number of hydrogen-bond donors (Lipinski definition) is 1. The lowest BCUT2D eigenvalue weighted by Gasteiger charge is -2.26. The maximum absolute atomic E-state index is 12.9. The smallest absolute Gasteiger partial charge is 0.433 e. The second kappa shape index (κ2) is 9.78. The molecule has 1 N–H and O–H groups in total. The first-order chi connectivity index (χ1) is 15.2. The van der Waals surface area contributed by atoms with Gasteiger partial charge in [-0.05, 0) is 37.1 Å². The number of anilines is 1. The van der Waals surface area contributed by atoms with Gasteiger partial charge in [0.2, 0.25) is 15.8 Å². The molecule has 1 fully saturated rings. The zero-order chi connectivity index (χ0) is 23.3. The van der Waals surface area contributed by atoms with E-state index in [2.05, 4.69) is 5.32 Å². The van der Waals surface area contributed by atoms with Gasteiger partial charge in [-0.3, -0.25) is 14.9 Å². The third kappa shape index (κ3) is 5.23. The van der Waals surface area contributed by atoms with Crippen molar-refractivity contribution in [2.24, 2.45) is 0 Å². The summed E-state index contributed by atoms with van der Waals surface area (Å²) >= 11 is 0. The molecule has 1 aliphatic heterocycles. The number of methoxy groups -OCH3 is 1. The van der Waals surface area contributed by atoms with E-state index >= 15 is 0 Å². The molecular weight excluding hydrogens is 446 g/mol. The number of sulfonamides is 1. The van der Waals surface area contributed by atoms with E-state index in [0.717, 1.165) is 31.4 Å². The molecule has 1 aliphatic rings. The number of nitrogens with one attached hydrogen (secondary N) is 1. The number of carbonyl (C=O) groups excluding carboxylic acids is 2. The van der Waals surface area contributed by atoms with Gasteiger partial charge in [-0.25, -0.2) is 13.2 Å². The number of amides is 1. The Morgan fingerprint density at radius 1 is 1.19 bits per heavy atom. The number of ether oxygens (including phenoxy) is 2. The Kier molecular flexibility index (Phi) is 7.10. The van der Waals surface area contributed by atoms with Gasteiger partial charge < -0.3 is 19.2 Å². The van der Waals surface area contributed by atoms with Crippen molar-refractivity contribution in [2.45, 2.75) is 24.2 Å². The largest absolute Gasteiger partial charge is 0.495 e. The van der Waals surface area contributed by atoms with E-state index in [0.29, 0.717) is 13.1 Å². The van der Waals surface area contributed by atoms with Crippen molar-refractivity contribution in [3.63, 3.8) is 0 Å². The minimum atomic E-state index is -3.74. The molecule has 0 radical (unpaired) electrons. The quantitative estimate of drug-likeness (QED) is 0.349. The predicted molar refractivity (Wildman–Crippen MR) is 110 cm³/mol. The molecule has 1 aromatic carbocycles. The molecule has 2 aromatic rings. The highest BCUT2D eigenvalue weighted by Crippen LogP contribution is 2.30. The molecule has 13 heteroatoms. The maximum Gasteiger partial charge on any atom is 0.433 e. The summed E-state index contributed by atoms with van der Waals surface area (Å²) in [5.41, 5.74) is 0.0836. The van der Waals surface area contributed by atoms with E-state index in [1.807, 2.05) is 0 Å². The Morgan fingerprint density at radius 2 is 1.91 bits per heavy atom. The Bertz CT molecular complexity index is 1120. The second-order valence-electron chi connectivity index (χ2n) is 6.85. The van der Waals surface area contributed by atoms with Gasteiger partial charge in [0.15, 0.2) is 6.61 Å². The van der Waals surface area contributed by atoms with Crippen LogP contribution in [0.5, 0.6) is 5.75 Å².